The van der Waals surface area contributed by atoms with Crippen molar-refractivity contribution in [3.63, 3.8) is 0 Å². The first-order chi connectivity index (χ1) is 12.9. The minimum absolute atomic E-state index is 0.0730. The lowest BCUT2D eigenvalue weighted by Gasteiger charge is -2.33. The topological polar surface area (TPSA) is 84.0 Å². The molecule has 7 nitrogen and oxygen atoms in total. The van der Waals surface area contributed by atoms with Gasteiger partial charge in [0.05, 0.1) is 5.92 Å². The second kappa shape index (κ2) is 8.22. The average molecular weight is 392 g/mol. The van der Waals surface area contributed by atoms with E-state index < -0.39 is 10.0 Å². The number of sulfonamides is 1. The van der Waals surface area contributed by atoms with Crippen molar-refractivity contribution in [3.05, 3.63) is 41.3 Å². The Balaban J connectivity index is 1.47. The summed E-state index contributed by atoms with van der Waals surface area (Å²) in [4.78, 5) is 25.4. The highest BCUT2D eigenvalue weighted by Crippen LogP contribution is 2.38. The van der Waals surface area contributed by atoms with Crippen molar-refractivity contribution in [3.8, 4) is 0 Å². The van der Waals surface area contributed by atoms with Crippen molar-refractivity contribution < 1.29 is 22.7 Å². The SMILES string of the molecule is C[C@@H]1C[C@@H]1C(=O)OCC(=O)N1CCN(S(=O)(=O)/C=C/c2ccccc2)CC1. The van der Waals surface area contributed by atoms with Gasteiger partial charge in [-0.1, -0.05) is 37.3 Å². The third-order valence-electron chi connectivity index (χ3n) is 4.93. The van der Waals surface area contributed by atoms with Gasteiger partial charge in [0.1, 0.15) is 0 Å². The molecular weight excluding hydrogens is 368 g/mol. The summed E-state index contributed by atoms with van der Waals surface area (Å²) in [7, 11) is -3.54. The molecule has 0 radical (unpaired) electrons. The minimum atomic E-state index is -3.54. The smallest absolute Gasteiger partial charge is 0.309 e. The summed E-state index contributed by atoms with van der Waals surface area (Å²) >= 11 is 0. The Labute approximate surface area is 159 Å². The fourth-order valence-corrected chi connectivity index (χ4v) is 4.16. The van der Waals surface area contributed by atoms with Gasteiger partial charge < -0.3 is 9.64 Å². The van der Waals surface area contributed by atoms with E-state index in [0.29, 0.717) is 5.92 Å². The lowest BCUT2D eigenvalue weighted by molar-refractivity contribution is -0.153. The minimum Gasteiger partial charge on any atom is -0.455 e. The highest BCUT2D eigenvalue weighted by molar-refractivity contribution is 7.92. The Morgan fingerprint density at radius 3 is 2.37 bits per heavy atom. The first-order valence-corrected chi connectivity index (χ1v) is 10.5. The molecule has 1 aromatic rings. The van der Waals surface area contributed by atoms with E-state index in [9.17, 15) is 18.0 Å². The molecule has 3 rings (SSSR count). The third kappa shape index (κ3) is 5.17. The normalized spacial score (nSPS) is 23.4. The highest BCUT2D eigenvalue weighted by Gasteiger charge is 2.41. The number of hydrogen-bond acceptors (Lipinski definition) is 5. The van der Waals surface area contributed by atoms with E-state index in [1.165, 1.54) is 14.6 Å². The van der Waals surface area contributed by atoms with Crippen LogP contribution in [0.2, 0.25) is 0 Å². The second-order valence-electron chi connectivity index (χ2n) is 6.97. The van der Waals surface area contributed by atoms with Crippen molar-refractivity contribution in [1.29, 1.82) is 0 Å². The van der Waals surface area contributed by atoms with E-state index in [4.69, 9.17) is 4.74 Å². The van der Waals surface area contributed by atoms with Gasteiger partial charge in [0.15, 0.2) is 6.61 Å². The van der Waals surface area contributed by atoms with E-state index in [-0.39, 0.29) is 50.6 Å². The fraction of sp³-hybridized carbons (Fsp3) is 0.474. The summed E-state index contributed by atoms with van der Waals surface area (Å²) in [5, 5.41) is 1.19. The Bertz CT molecular complexity index is 814. The van der Waals surface area contributed by atoms with Gasteiger partial charge in [-0.2, -0.15) is 4.31 Å². The molecule has 8 heteroatoms. The molecule has 2 atom stereocenters. The first-order valence-electron chi connectivity index (χ1n) is 9.04. The Morgan fingerprint density at radius 2 is 1.78 bits per heavy atom. The number of amides is 1. The molecule has 1 saturated carbocycles. The molecule has 0 unspecified atom stereocenters. The van der Waals surface area contributed by atoms with Crippen LogP contribution in [0, 0.1) is 11.8 Å². The zero-order valence-corrected chi connectivity index (χ0v) is 16.1. The third-order valence-corrected chi connectivity index (χ3v) is 6.50. The largest absolute Gasteiger partial charge is 0.455 e. The number of rotatable bonds is 6. The van der Waals surface area contributed by atoms with Crippen molar-refractivity contribution in [2.24, 2.45) is 11.8 Å². The Morgan fingerprint density at radius 1 is 1.15 bits per heavy atom. The maximum atomic E-state index is 12.4. The van der Waals surface area contributed by atoms with Crippen LogP contribution < -0.4 is 0 Å². The molecule has 2 fully saturated rings. The summed E-state index contributed by atoms with van der Waals surface area (Å²) in [6.07, 6.45) is 2.38. The molecule has 146 valence electrons. The molecule has 0 spiro atoms. The Hall–Kier alpha value is -2.19. The quantitative estimate of drug-likeness (QED) is 0.682. The number of nitrogens with zero attached hydrogens (tertiary/aromatic N) is 2. The standard InChI is InChI=1S/C19H24N2O5S/c1-15-13-17(15)19(23)26-14-18(22)20-8-10-21(11-9-20)27(24,25)12-7-16-5-3-2-4-6-16/h2-7,12,15,17H,8-11,13-14H2,1H3/b12-7+/t15-,17+/m1/s1. The monoisotopic (exact) mass is 392 g/mol. The predicted molar refractivity (Wildman–Crippen MR) is 101 cm³/mol. The number of carbonyl (C=O) groups is 2. The lowest BCUT2D eigenvalue weighted by atomic mass is 10.2. The number of esters is 1. The molecule has 0 aromatic heterocycles. The summed E-state index contributed by atoms with van der Waals surface area (Å²) in [6, 6.07) is 9.20. The summed E-state index contributed by atoms with van der Waals surface area (Å²) in [6.45, 7) is 2.72. The van der Waals surface area contributed by atoms with Crippen LogP contribution in [-0.4, -0.2) is 62.3 Å². The van der Waals surface area contributed by atoms with Crippen molar-refractivity contribution in [1.82, 2.24) is 9.21 Å². The lowest BCUT2D eigenvalue weighted by Crippen LogP contribution is -2.51. The van der Waals surface area contributed by atoms with Gasteiger partial charge in [-0.15, -0.1) is 0 Å². The van der Waals surface area contributed by atoms with Crippen LogP contribution in [0.15, 0.2) is 35.7 Å². The van der Waals surface area contributed by atoms with Crippen LogP contribution >= 0.6 is 0 Å². The Kier molecular flexibility index (Phi) is 5.96. The van der Waals surface area contributed by atoms with E-state index in [2.05, 4.69) is 0 Å². The van der Waals surface area contributed by atoms with Crippen LogP contribution in [0.25, 0.3) is 6.08 Å². The van der Waals surface area contributed by atoms with E-state index in [1.807, 2.05) is 37.3 Å². The van der Waals surface area contributed by atoms with Gasteiger partial charge in [0, 0.05) is 31.6 Å². The van der Waals surface area contributed by atoms with Crippen molar-refractivity contribution in [2.45, 2.75) is 13.3 Å². The van der Waals surface area contributed by atoms with Gasteiger partial charge in [-0.05, 0) is 24.0 Å². The molecule has 1 saturated heterocycles. The molecule has 2 aliphatic rings. The molecule has 27 heavy (non-hydrogen) atoms. The van der Waals surface area contributed by atoms with Crippen LogP contribution in [0.3, 0.4) is 0 Å². The van der Waals surface area contributed by atoms with Gasteiger partial charge in [-0.25, -0.2) is 8.42 Å². The number of piperazine rings is 1. The van der Waals surface area contributed by atoms with E-state index in [1.54, 1.807) is 6.08 Å². The maximum Gasteiger partial charge on any atom is 0.309 e. The van der Waals surface area contributed by atoms with Gasteiger partial charge >= 0.3 is 5.97 Å². The second-order valence-corrected chi connectivity index (χ2v) is 8.78. The van der Waals surface area contributed by atoms with Crippen molar-refractivity contribution in [2.75, 3.05) is 32.8 Å². The first kappa shape index (κ1) is 19.6. The summed E-state index contributed by atoms with van der Waals surface area (Å²) in [5.41, 5.74) is 0.807. The van der Waals surface area contributed by atoms with Gasteiger partial charge in [0.25, 0.3) is 5.91 Å². The zero-order valence-electron chi connectivity index (χ0n) is 15.3. The zero-order chi connectivity index (χ0) is 19.4. The highest BCUT2D eigenvalue weighted by atomic mass is 32.2. The number of benzene rings is 1. The van der Waals surface area contributed by atoms with Crippen LogP contribution in [0.1, 0.15) is 18.9 Å². The van der Waals surface area contributed by atoms with E-state index >= 15 is 0 Å². The fourth-order valence-electron chi connectivity index (χ4n) is 2.99. The maximum absolute atomic E-state index is 12.4. The molecule has 1 heterocycles. The van der Waals surface area contributed by atoms with E-state index in [0.717, 1.165) is 12.0 Å². The van der Waals surface area contributed by atoms with Gasteiger partial charge in [0.2, 0.25) is 10.0 Å². The molecule has 1 amide bonds. The van der Waals surface area contributed by atoms with Crippen LogP contribution in [0.5, 0.6) is 0 Å². The molecular formula is C19H24N2O5S. The predicted octanol–water partition coefficient (Wildman–Crippen LogP) is 1.33. The van der Waals surface area contributed by atoms with Crippen LogP contribution in [0.4, 0.5) is 0 Å². The molecule has 1 aliphatic carbocycles. The molecule has 0 N–H and O–H groups in total. The van der Waals surface area contributed by atoms with Crippen molar-refractivity contribution >= 4 is 28.0 Å². The molecule has 0 bridgehead atoms. The molecule has 1 aliphatic heterocycles. The average Bonchev–Trinajstić information content (AvgIpc) is 3.42. The number of carbonyl (C=O) groups excluding carboxylic acids is 2. The van der Waals surface area contributed by atoms with Crippen LogP contribution in [-0.2, 0) is 24.3 Å². The van der Waals surface area contributed by atoms with Gasteiger partial charge in [-0.3, -0.25) is 9.59 Å². The number of ether oxygens (including phenoxy) is 1. The number of hydrogen-bond donors (Lipinski definition) is 0. The summed E-state index contributed by atoms with van der Waals surface area (Å²) < 4.78 is 31.3. The molecule has 1 aromatic carbocycles. The summed E-state index contributed by atoms with van der Waals surface area (Å²) in [5.74, 6) is -0.335.